The minimum absolute atomic E-state index is 0.0855. The Morgan fingerprint density at radius 2 is 1.64 bits per heavy atom. The van der Waals surface area contributed by atoms with Crippen LogP contribution in [0.15, 0.2) is 54.6 Å². The second-order valence-corrected chi connectivity index (χ2v) is 5.85. The summed E-state index contributed by atoms with van der Waals surface area (Å²) in [5.41, 5.74) is 0.852. The van der Waals surface area contributed by atoms with Gasteiger partial charge in [0.15, 0.2) is 0 Å². The highest BCUT2D eigenvalue weighted by atomic mass is 16.6. The van der Waals surface area contributed by atoms with Gasteiger partial charge in [-0.05, 0) is 11.6 Å². The van der Waals surface area contributed by atoms with E-state index in [1.807, 2.05) is 30.3 Å². The van der Waals surface area contributed by atoms with Crippen molar-refractivity contribution in [1.29, 1.82) is 0 Å². The van der Waals surface area contributed by atoms with Gasteiger partial charge in [-0.1, -0.05) is 36.4 Å². The Hall–Kier alpha value is -3.75. The Labute approximate surface area is 161 Å². The maximum Gasteiger partial charge on any atom is 0.270 e. The lowest BCUT2D eigenvalue weighted by molar-refractivity contribution is -0.384. The molecular formula is C19H20N4O5. The third-order valence-corrected chi connectivity index (χ3v) is 3.74. The highest BCUT2D eigenvalue weighted by Crippen LogP contribution is 2.12. The molecule has 3 amide bonds. The van der Waals surface area contributed by atoms with E-state index in [-0.39, 0.29) is 36.7 Å². The topological polar surface area (TPSA) is 130 Å². The molecule has 2 rings (SSSR count). The summed E-state index contributed by atoms with van der Waals surface area (Å²) >= 11 is 0. The van der Waals surface area contributed by atoms with E-state index in [1.54, 1.807) is 0 Å². The molecule has 0 radical (unpaired) electrons. The normalized spacial score (nSPS) is 10.0. The number of non-ortho nitro benzene ring substituents is 1. The van der Waals surface area contributed by atoms with Crippen LogP contribution in [0.3, 0.4) is 0 Å². The van der Waals surface area contributed by atoms with E-state index in [0.717, 1.165) is 11.6 Å². The number of hydrogen-bond donors (Lipinski definition) is 3. The maximum absolute atomic E-state index is 11.9. The average Bonchev–Trinajstić information content (AvgIpc) is 2.71. The van der Waals surface area contributed by atoms with Gasteiger partial charge in [-0.3, -0.25) is 24.5 Å². The third-order valence-electron chi connectivity index (χ3n) is 3.74. The molecule has 0 heterocycles. The van der Waals surface area contributed by atoms with Crippen molar-refractivity contribution in [3.8, 4) is 0 Å². The highest BCUT2D eigenvalue weighted by molar-refractivity contribution is 5.97. The Balaban J connectivity index is 1.65. The predicted octanol–water partition coefficient (Wildman–Crippen LogP) is 1.15. The highest BCUT2D eigenvalue weighted by Gasteiger charge is 2.12. The van der Waals surface area contributed by atoms with Gasteiger partial charge in [0.05, 0.1) is 11.5 Å². The molecule has 3 N–H and O–H groups in total. The Morgan fingerprint density at radius 3 is 2.36 bits per heavy atom. The van der Waals surface area contributed by atoms with Crippen LogP contribution in [0.2, 0.25) is 0 Å². The summed E-state index contributed by atoms with van der Waals surface area (Å²) in [7, 11) is 0. The lowest BCUT2D eigenvalue weighted by Gasteiger charge is -2.08. The molecule has 2 aromatic rings. The van der Waals surface area contributed by atoms with Crippen molar-refractivity contribution in [3.05, 3.63) is 75.8 Å². The molecule has 0 aromatic heterocycles. The Kier molecular flexibility index (Phi) is 7.64. The number of carbonyl (C=O) groups excluding carboxylic acids is 3. The van der Waals surface area contributed by atoms with Gasteiger partial charge >= 0.3 is 0 Å². The van der Waals surface area contributed by atoms with Crippen molar-refractivity contribution in [3.63, 3.8) is 0 Å². The van der Waals surface area contributed by atoms with Crippen LogP contribution in [0, 0.1) is 10.1 Å². The van der Waals surface area contributed by atoms with E-state index in [0.29, 0.717) is 6.54 Å². The number of nitro groups is 1. The lowest BCUT2D eigenvalue weighted by atomic mass is 10.2. The van der Waals surface area contributed by atoms with E-state index >= 15 is 0 Å². The standard InChI is InChI=1S/C19H20N4O5/c24-17(21-12-14-5-2-1-3-6-14)9-10-20-18(25)13-22-19(26)15-7-4-8-16(11-15)23(27)28/h1-8,11H,9-10,12-13H2,(H,20,25)(H,21,24)(H,22,26). The number of amides is 3. The molecule has 0 unspecified atom stereocenters. The van der Waals surface area contributed by atoms with Crippen LogP contribution in [0.5, 0.6) is 0 Å². The van der Waals surface area contributed by atoms with Gasteiger partial charge in [0.1, 0.15) is 0 Å². The van der Waals surface area contributed by atoms with E-state index in [9.17, 15) is 24.5 Å². The molecule has 0 spiro atoms. The Bertz CT molecular complexity index is 854. The second kappa shape index (κ2) is 10.4. The molecule has 28 heavy (non-hydrogen) atoms. The van der Waals surface area contributed by atoms with Gasteiger partial charge in [-0.15, -0.1) is 0 Å². The molecule has 0 aliphatic heterocycles. The summed E-state index contributed by atoms with van der Waals surface area (Å²) in [4.78, 5) is 45.6. The van der Waals surface area contributed by atoms with Crippen molar-refractivity contribution in [2.24, 2.45) is 0 Å². The number of nitro benzene ring substituents is 1. The number of benzene rings is 2. The maximum atomic E-state index is 11.9. The lowest BCUT2D eigenvalue weighted by Crippen LogP contribution is -2.38. The Morgan fingerprint density at radius 1 is 0.893 bits per heavy atom. The molecule has 0 aliphatic carbocycles. The summed E-state index contributed by atoms with van der Waals surface area (Å²) in [5.74, 6) is -1.26. The first-order valence-corrected chi connectivity index (χ1v) is 8.55. The fourth-order valence-corrected chi connectivity index (χ4v) is 2.29. The molecule has 2 aromatic carbocycles. The van der Waals surface area contributed by atoms with Crippen LogP contribution >= 0.6 is 0 Å². The van der Waals surface area contributed by atoms with Gasteiger partial charge in [-0.2, -0.15) is 0 Å². The van der Waals surface area contributed by atoms with Gasteiger partial charge in [0, 0.05) is 37.2 Å². The third kappa shape index (κ3) is 6.87. The fraction of sp³-hybridized carbons (Fsp3) is 0.211. The number of nitrogens with zero attached hydrogens (tertiary/aromatic N) is 1. The van der Waals surface area contributed by atoms with Crippen LogP contribution < -0.4 is 16.0 Å². The summed E-state index contributed by atoms with van der Waals surface area (Å²) in [6.07, 6.45) is 0.109. The second-order valence-electron chi connectivity index (χ2n) is 5.85. The summed E-state index contributed by atoms with van der Waals surface area (Å²) in [5, 5.41) is 18.4. The first kappa shape index (κ1) is 20.6. The van der Waals surface area contributed by atoms with Crippen molar-refractivity contribution in [2.45, 2.75) is 13.0 Å². The van der Waals surface area contributed by atoms with E-state index in [2.05, 4.69) is 16.0 Å². The summed E-state index contributed by atoms with van der Waals surface area (Å²) in [6.45, 7) is 0.242. The molecular weight excluding hydrogens is 364 g/mol. The minimum Gasteiger partial charge on any atom is -0.354 e. The largest absolute Gasteiger partial charge is 0.354 e. The first-order valence-electron chi connectivity index (χ1n) is 8.55. The quantitative estimate of drug-likeness (QED) is 0.441. The number of rotatable bonds is 9. The monoisotopic (exact) mass is 384 g/mol. The van der Waals surface area contributed by atoms with Gasteiger partial charge in [0.2, 0.25) is 11.8 Å². The SMILES string of the molecule is O=C(CCNC(=O)CNC(=O)c1cccc([N+](=O)[O-])c1)NCc1ccccc1. The molecule has 9 nitrogen and oxygen atoms in total. The molecule has 0 bridgehead atoms. The van der Waals surface area contributed by atoms with Crippen LogP contribution in [0.1, 0.15) is 22.3 Å². The van der Waals surface area contributed by atoms with Crippen LogP contribution in [0.25, 0.3) is 0 Å². The molecule has 0 atom stereocenters. The van der Waals surface area contributed by atoms with Crippen molar-refractivity contribution < 1.29 is 19.3 Å². The molecule has 0 saturated carbocycles. The zero-order valence-corrected chi connectivity index (χ0v) is 15.0. The number of carbonyl (C=O) groups is 3. The molecule has 0 saturated heterocycles. The van der Waals surface area contributed by atoms with Crippen LogP contribution in [-0.2, 0) is 16.1 Å². The van der Waals surface area contributed by atoms with Crippen LogP contribution in [0.4, 0.5) is 5.69 Å². The summed E-state index contributed by atoms with van der Waals surface area (Å²) in [6, 6.07) is 14.6. The van der Waals surface area contributed by atoms with Crippen LogP contribution in [-0.4, -0.2) is 35.7 Å². The van der Waals surface area contributed by atoms with E-state index in [1.165, 1.54) is 18.2 Å². The van der Waals surface area contributed by atoms with Crippen molar-refractivity contribution >= 4 is 23.4 Å². The molecule has 146 valence electrons. The van der Waals surface area contributed by atoms with Gasteiger partial charge < -0.3 is 16.0 Å². The zero-order chi connectivity index (χ0) is 20.4. The van der Waals surface area contributed by atoms with Crippen molar-refractivity contribution in [1.82, 2.24) is 16.0 Å². The molecule has 9 heteroatoms. The number of hydrogen-bond acceptors (Lipinski definition) is 5. The smallest absolute Gasteiger partial charge is 0.270 e. The predicted molar refractivity (Wildman–Crippen MR) is 101 cm³/mol. The molecule has 0 aliphatic rings. The van der Waals surface area contributed by atoms with Gasteiger partial charge in [0.25, 0.3) is 11.6 Å². The fourth-order valence-electron chi connectivity index (χ4n) is 2.29. The molecule has 0 fully saturated rings. The van der Waals surface area contributed by atoms with Crippen molar-refractivity contribution in [2.75, 3.05) is 13.1 Å². The van der Waals surface area contributed by atoms with E-state index < -0.39 is 16.7 Å². The minimum atomic E-state index is -0.605. The van der Waals surface area contributed by atoms with Gasteiger partial charge in [-0.25, -0.2) is 0 Å². The number of nitrogens with one attached hydrogen (secondary N) is 3. The first-order chi connectivity index (χ1) is 13.5. The summed E-state index contributed by atoms with van der Waals surface area (Å²) < 4.78 is 0. The van der Waals surface area contributed by atoms with E-state index in [4.69, 9.17) is 0 Å². The zero-order valence-electron chi connectivity index (χ0n) is 15.0. The average molecular weight is 384 g/mol.